The molecule has 0 bridgehead atoms. The second-order valence-electron chi connectivity index (χ2n) is 5.33. The number of aryl methyl sites for hydroxylation is 2. The van der Waals surface area contributed by atoms with E-state index >= 15 is 0 Å². The highest BCUT2D eigenvalue weighted by Gasteiger charge is 2.08. The summed E-state index contributed by atoms with van der Waals surface area (Å²) in [5.41, 5.74) is 3.80. The van der Waals surface area contributed by atoms with Gasteiger partial charge in [0.1, 0.15) is 0 Å². The van der Waals surface area contributed by atoms with E-state index in [1.165, 1.54) is 5.56 Å². The van der Waals surface area contributed by atoms with E-state index in [0.29, 0.717) is 5.56 Å². The fraction of sp³-hybridized carbons (Fsp3) is 0.105. The van der Waals surface area contributed by atoms with Gasteiger partial charge in [-0.05, 0) is 48.4 Å². The maximum absolute atomic E-state index is 12.4. The number of nitrogens with one attached hydrogen (secondary N) is 1. The number of rotatable bonds is 2. The zero-order valence-corrected chi connectivity index (χ0v) is 12.2. The Kier molecular flexibility index (Phi) is 3.44. The van der Waals surface area contributed by atoms with Crippen molar-refractivity contribution < 1.29 is 4.79 Å². The lowest BCUT2D eigenvalue weighted by Crippen LogP contribution is -2.12. The first-order chi connectivity index (χ1) is 10.1. The smallest absolute Gasteiger partial charge is 0.255 e. The van der Waals surface area contributed by atoms with Crippen LogP contribution in [-0.4, -0.2) is 5.91 Å². The van der Waals surface area contributed by atoms with E-state index in [4.69, 9.17) is 0 Å². The van der Waals surface area contributed by atoms with Crippen LogP contribution in [-0.2, 0) is 0 Å². The third-order valence-corrected chi connectivity index (χ3v) is 3.64. The number of hydrogen-bond donors (Lipinski definition) is 1. The third-order valence-electron chi connectivity index (χ3n) is 3.64. The predicted octanol–water partition coefficient (Wildman–Crippen LogP) is 4.71. The van der Waals surface area contributed by atoms with E-state index in [9.17, 15) is 4.79 Å². The Hall–Kier alpha value is -2.61. The molecule has 0 atom stereocenters. The van der Waals surface area contributed by atoms with Gasteiger partial charge < -0.3 is 5.32 Å². The molecule has 0 radical (unpaired) electrons. The van der Waals surface area contributed by atoms with Crippen LogP contribution in [0.25, 0.3) is 10.8 Å². The van der Waals surface area contributed by atoms with Gasteiger partial charge in [0.05, 0.1) is 0 Å². The lowest BCUT2D eigenvalue weighted by Gasteiger charge is -2.09. The summed E-state index contributed by atoms with van der Waals surface area (Å²) in [7, 11) is 0. The van der Waals surface area contributed by atoms with Gasteiger partial charge >= 0.3 is 0 Å². The quantitative estimate of drug-likeness (QED) is 0.721. The predicted molar refractivity (Wildman–Crippen MR) is 87.8 cm³/mol. The number of benzene rings is 3. The van der Waals surface area contributed by atoms with E-state index in [1.54, 1.807) is 0 Å². The highest BCUT2D eigenvalue weighted by Crippen LogP contribution is 2.19. The summed E-state index contributed by atoms with van der Waals surface area (Å²) in [4.78, 5) is 12.4. The molecule has 0 spiro atoms. The fourth-order valence-corrected chi connectivity index (χ4v) is 2.48. The molecule has 2 nitrogen and oxygen atoms in total. The molecule has 3 rings (SSSR count). The molecule has 1 amide bonds. The summed E-state index contributed by atoms with van der Waals surface area (Å²) in [5, 5.41) is 5.19. The summed E-state index contributed by atoms with van der Waals surface area (Å²) in [6.07, 6.45) is 0. The normalized spacial score (nSPS) is 10.6. The number of amides is 1. The van der Waals surface area contributed by atoms with Crippen molar-refractivity contribution in [3.63, 3.8) is 0 Å². The number of carbonyl (C=O) groups excluding carboxylic acids is 1. The van der Waals surface area contributed by atoms with Crippen LogP contribution in [0.2, 0.25) is 0 Å². The molecule has 3 aromatic carbocycles. The van der Waals surface area contributed by atoms with Crippen molar-refractivity contribution in [3.05, 3.63) is 77.4 Å². The highest BCUT2D eigenvalue weighted by molar-refractivity contribution is 6.06. The molecular formula is C19H17NO. The van der Waals surface area contributed by atoms with E-state index < -0.39 is 0 Å². The molecule has 0 aliphatic heterocycles. The lowest BCUT2D eigenvalue weighted by atomic mass is 10.1. The molecule has 0 unspecified atom stereocenters. The third kappa shape index (κ3) is 2.79. The monoisotopic (exact) mass is 275 g/mol. The zero-order chi connectivity index (χ0) is 14.8. The molecule has 0 saturated carbocycles. The molecule has 0 heterocycles. The minimum Gasteiger partial charge on any atom is -0.322 e. The van der Waals surface area contributed by atoms with Crippen molar-refractivity contribution in [1.82, 2.24) is 0 Å². The van der Waals surface area contributed by atoms with Crippen molar-refractivity contribution in [3.8, 4) is 0 Å². The Morgan fingerprint density at radius 1 is 0.857 bits per heavy atom. The number of hydrogen-bond acceptors (Lipinski definition) is 1. The van der Waals surface area contributed by atoms with E-state index in [-0.39, 0.29) is 5.91 Å². The van der Waals surface area contributed by atoms with E-state index in [0.717, 1.165) is 22.0 Å². The van der Waals surface area contributed by atoms with Crippen LogP contribution in [0.15, 0.2) is 60.7 Å². The van der Waals surface area contributed by atoms with Crippen LogP contribution >= 0.6 is 0 Å². The summed E-state index contributed by atoms with van der Waals surface area (Å²) in [6, 6.07) is 19.8. The first kappa shape index (κ1) is 13.4. The van der Waals surface area contributed by atoms with Crippen molar-refractivity contribution >= 4 is 22.4 Å². The Labute approximate surface area is 124 Å². The Bertz CT molecular complexity index is 821. The SMILES string of the molecule is Cc1ccc(NC(=O)c2ccc3ccccc3c2)c(C)c1. The van der Waals surface area contributed by atoms with Crippen molar-refractivity contribution in [2.75, 3.05) is 5.32 Å². The van der Waals surface area contributed by atoms with E-state index in [2.05, 4.69) is 11.4 Å². The van der Waals surface area contributed by atoms with Crippen molar-refractivity contribution in [2.24, 2.45) is 0 Å². The lowest BCUT2D eigenvalue weighted by molar-refractivity contribution is 0.102. The minimum absolute atomic E-state index is 0.0762. The van der Waals surface area contributed by atoms with Gasteiger partial charge in [-0.15, -0.1) is 0 Å². The van der Waals surface area contributed by atoms with Crippen LogP contribution in [0.3, 0.4) is 0 Å². The van der Waals surface area contributed by atoms with Gasteiger partial charge in [-0.3, -0.25) is 4.79 Å². The number of fused-ring (bicyclic) bond motifs is 1. The van der Waals surface area contributed by atoms with Gasteiger partial charge in [-0.2, -0.15) is 0 Å². The largest absolute Gasteiger partial charge is 0.322 e. The first-order valence-electron chi connectivity index (χ1n) is 7.01. The highest BCUT2D eigenvalue weighted by atomic mass is 16.1. The topological polar surface area (TPSA) is 29.1 Å². The average Bonchev–Trinajstić information content (AvgIpc) is 2.49. The van der Waals surface area contributed by atoms with Gasteiger partial charge in [-0.25, -0.2) is 0 Å². The van der Waals surface area contributed by atoms with Crippen molar-refractivity contribution in [2.45, 2.75) is 13.8 Å². The second-order valence-corrected chi connectivity index (χ2v) is 5.33. The van der Waals surface area contributed by atoms with Crippen LogP contribution in [0, 0.1) is 13.8 Å². The molecule has 104 valence electrons. The van der Waals surface area contributed by atoms with Crippen molar-refractivity contribution in [1.29, 1.82) is 0 Å². The molecular weight excluding hydrogens is 258 g/mol. The molecule has 0 aromatic heterocycles. The summed E-state index contributed by atoms with van der Waals surface area (Å²) >= 11 is 0. The van der Waals surface area contributed by atoms with Crippen LogP contribution < -0.4 is 5.32 Å². The van der Waals surface area contributed by atoms with Gasteiger partial charge in [0.2, 0.25) is 0 Å². The molecule has 0 aliphatic carbocycles. The fourth-order valence-electron chi connectivity index (χ4n) is 2.48. The molecule has 3 aromatic rings. The Morgan fingerprint density at radius 2 is 1.62 bits per heavy atom. The number of carbonyl (C=O) groups is 1. The van der Waals surface area contributed by atoms with Crippen LogP contribution in [0.5, 0.6) is 0 Å². The molecule has 2 heteroatoms. The van der Waals surface area contributed by atoms with Gasteiger partial charge in [0, 0.05) is 11.3 Å². The molecule has 21 heavy (non-hydrogen) atoms. The zero-order valence-electron chi connectivity index (χ0n) is 12.2. The summed E-state index contributed by atoms with van der Waals surface area (Å²) in [5.74, 6) is -0.0762. The summed E-state index contributed by atoms with van der Waals surface area (Å²) < 4.78 is 0. The maximum atomic E-state index is 12.4. The van der Waals surface area contributed by atoms with Crippen LogP contribution in [0.1, 0.15) is 21.5 Å². The number of anilines is 1. The molecule has 1 N–H and O–H groups in total. The van der Waals surface area contributed by atoms with Gasteiger partial charge in [0.15, 0.2) is 0 Å². The summed E-state index contributed by atoms with van der Waals surface area (Å²) in [6.45, 7) is 4.05. The standard InChI is InChI=1S/C19H17NO/c1-13-7-10-18(14(2)11-13)20-19(21)17-9-8-15-5-3-4-6-16(15)12-17/h3-12H,1-2H3,(H,20,21). The van der Waals surface area contributed by atoms with Crippen LogP contribution in [0.4, 0.5) is 5.69 Å². The van der Waals surface area contributed by atoms with Gasteiger partial charge in [-0.1, -0.05) is 48.0 Å². The maximum Gasteiger partial charge on any atom is 0.255 e. The average molecular weight is 275 g/mol. The Balaban J connectivity index is 1.89. The van der Waals surface area contributed by atoms with Gasteiger partial charge in [0.25, 0.3) is 5.91 Å². The molecule has 0 saturated heterocycles. The van der Waals surface area contributed by atoms with E-state index in [1.807, 2.05) is 68.4 Å². The Morgan fingerprint density at radius 3 is 2.38 bits per heavy atom. The molecule has 0 aliphatic rings. The second kappa shape index (κ2) is 5.41. The molecule has 0 fully saturated rings. The minimum atomic E-state index is -0.0762. The first-order valence-corrected chi connectivity index (χ1v) is 7.01.